The Morgan fingerprint density at radius 1 is 1.07 bits per heavy atom. The van der Waals surface area contributed by atoms with Gasteiger partial charge in [0, 0.05) is 11.4 Å². The van der Waals surface area contributed by atoms with Crippen LogP contribution in [0.4, 0.5) is 5.95 Å². The molecular formula is C17H25N7O4S2. The van der Waals surface area contributed by atoms with E-state index in [0.717, 1.165) is 0 Å². The summed E-state index contributed by atoms with van der Waals surface area (Å²) in [5.74, 6) is 5.08. The zero-order valence-electron chi connectivity index (χ0n) is 17.1. The molecule has 0 atom stereocenters. The number of aromatic nitrogens is 2. The number of hydrogen-bond acceptors (Lipinski definition) is 7. The molecule has 6 N–H and O–H groups in total. The van der Waals surface area contributed by atoms with Gasteiger partial charge in [-0.2, -0.15) is 8.42 Å². The van der Waals surface area contributed by atoms with Crippen molar-refractivity contribution in [3.05, 3.63) is 40.7 Å². The van der Waals surface area contributed by atoms with Gasteiger partial charge in [0.15, 0.2) is 0 Å². The SMILES string of the molecule is CCc1ccc(S(=O)(=O)N=C(NN)Nc2nc(C)cc(C)n2)c(S(N)(=O)=O)c1CC. The lowest BCUT2D eigenvalue weighted by molar-refractivity contribution is 0.582. The predicted molar refractivity (Wildman–Crippen MR) is 114 cm³/mol. The summed E-state index contributed by atoms with van der Waals surface area (Å²) in [6, 6.07) is 4.46. The van der Waals surface area contributed by atoms with Gasteiger partial charge in [-0.3, -0.25) is 10.7 Å². The largest absolute Gasteiger partial charge is 0.293 e. The van der Waals surface area contributed by atoms with E-state index >= 15 is 0 Å². The van der Waals surface area contributed by atoms with Crippen LogP contribution in [0.5, 0.6) is 0 Å². The fourth-order valence-corrected chi connectivity index (χ4v) is 5.69. The van der Waals surface area contributed by atoms with Crippen LogP contribution in [-0.2, 0) is 32.9 Å². The van der Waals surface area contributed by atoms with Crippen LogP contribution in [0, 0.1) is 13.8 Å². The van der Waals surface area contributed by atoms with Gasteiger partial charge < -0.3 is 0 Å². The van der Waals surface area contributed by atoms with E-state index in [1.54, 1.807) is 32.9 Å². The number of nitrogens with two attached hydrogens (primary N) is 2. The molecule has 0 aliphatic heterocycles. The van der Waals surface area contributed by atoms with Gasteiger partial charge in [-0.1, -0.05) is 19.9 Å². The number of rotatable bonds is 6. The highest BCUT2D eigenvalue weighted by Gasteiger charge is 2.28. The first-order chi connectivity index (χ1) is 13.9. The maximum absolute atomic E-state index is 13.0. The Balaban J connectivity index is 2.64. The van der Waals surface area contributed by atoms with Gasteiger partial charge in [0.1, 0.15) is 9.79 Å². The van der Waals surface area contributed by atoms with Crippen LogP contribution < -0.4 is 21.7 Å². The molecule has 0 fully saturated rings. The van der Waals surface area contributed by atoms with E-state index in [0.29, 0.717) is 28.9 Å². The lowest BCUT2D eigenvalue weighted by Crippen LogP contribution is -2.37. The van der Waals surface area contributed by atoms with E-state index in [4.69, 9.17) is 11.0 Å². The molecule has 1 heterocycles. The minimum absolute atomic E-state index is 0.0710. The monoisotopic (exact) mass is 455 g/mol. The fraction of sp³-hybridized carbons (Fsp3) is 0.353. The minimum atomic E-state index is -4.52. The number of hydrogen-bond donors (Lipinski definition) is 4. The van der Waals surface area contributed by atoms with Crippen molar-refractivity contribution in [2.45, 2.75) is 50.3 Å². The van der Waals surface area contributed by atoms with E-state index < -0.39 is 35.8 Å². The molecule has 1 aromatic heterocycles. The Hall–Kier alpha value is -2.61. The number of nitrogens with one attached hydrogen (secondary N) is 2. The van der Waals surface area contributed by atoms with Crippen molar-refractivity contribution in [3.63, 3.8) is 0 Å². The first-order valence-corrected chi connectivity index (χ1v) is 12.0. The molecule has 0 unspecified atom stereocenters. The molecule has 1 aromatic carbocycles. The van der Waals surface area contributed by atoms with Crippen molar-refractivity contribution in [2.24, 2.45) is 15.4 Å². The number of guanidine groups is 1. The number of sulfonamides is 2. The van der Waals surface area contributed by atoms with E-state index in [9.17, 15) is 16.8 Å². The maximum Gasteiger partial charge on any atom is 0.286 e. The van der Waals surface area contributed by atoms with Crippen LogP contribution in [0.15, 0.2) is 32.4 Å². The summed E-state index contributed by atoms with van der Waals surface area (Å²) in [6.45, 7) is 7.03. The maximum atomic E-state index is 13.0. The van der Waals surface area contributed by atoms with Gasteiger partial charge in [-0.05, 0) is 49.9 Å². The van der Waals surface area contributed by atoms with Crippen LogP contribution in [0.3, 0.4) is 0 Å². The van der Waals surface area contributed by atoms with E-state index in [2.05, 4.69) is 25.1 Å². The van der Waals surface area contributed by atoms with Crippen LogP contribution in [-0.4, -0.2) is 32.8 Å². The van der Waals surface area contributed by atoms with Crippen LogP contribution in [0.1, 0.15) is 36.4 Å². The van der Waals surface area contributed by atoms with Crippen LogP contribution >= 0.6 is 0 Å². The van der Waals surface area contributed by atoms with Crippen molar-refractivity contribution < 1.29 is 16.8 Å². The summed E-state index contributed by atoms with van der Waals surface area (Å²) in [5.41, 5.74) is 4.43. The molecule has 0 aliphatic carbocycles. The zero-order valence-corrected chi connectivity index (χ0v) is 18.7. The molecule has 2 rings (SSSR count). The summed E-state index contributed by atoms with van der Waals surface area (Å²) in [5, 5.41) is 7.94. The van der Waals surface area contributed by atoms with Crippen molar-refractivity contribution in [3.8, 4) is 0 Å². The standard InChI is InChI=1S/C17H25N7O4S2/c1-5-12-7-8-14(15(13(12)6-2)29(19,25)26)30(27,28)24-17(23-18)22-16-20-10(3)9-11(4)21-16/h7-9H,5-6,18H2,1-4H3,(H2,19,25,26)(H2,20,21,22,23,24). The third-order valence-corrected chi connectivity index (χ3v) is 6.66. The Labute approximate surface area is 176 Å². The third-order valence-electron chi connectivity index (χ3n) is 4.18. The molecule has 0 bridgehead atoms. The molecule has 30 heavy (non-hydrogen) atoms. The first-order valence-electron chi connectivity index (χ1n) is 9.01. The number of aryl methyl sites for hydroxylation is 3. The van der Waals surface area contributed by atoms with E-state index in [-0.39, 0.29) is 12.4 Å². The van der Waals surface area contributed by atoms with Crippen molar-refractivity contribution in [1.82, 2.24) is 15.4 Å². The quantitative estimate of drug-likeness (QED) is 0.208. The highest BCUT2D eigenvalue weighted by Crippen LogP contribution is 2.29. The number of nitrogens with zero attached hydrogens (tertiary/aromatic N) is 3. The smallest absolute Gasteiger partial charge is 0.286 e. The van der Waals surface area contributed by atoms with Gasteiger partial charge in [0.05, 0.1) is 0 Å². The summed E-state index contributed by atoms with van der Waals surface area (Å²) >= 11 is 0. The second-order valence-corrected chi connectivity index (χ2v) is 9.51. The Morgan fingerprint density at radius 2 is 1.67 bits per heavy atom. The number of anilines is 1. The molecule has 0 aliphatic rings. The molecule has 0 saturated carbocycles. The predicted octanol–water partition coefficient (Wildman–Crippen LogP) is 0.486. The second kappa shape index (κ2) is 9.04. The fourth-order valence-electron chi connectivity index (χ4n) is 3.02. The summed E-state index contributed by atoms with van der Waals surface area (Å²) < 4.78 is 54.1. The van der Waals surface area contributed by atoms with Crippen LogP contribution in [0.2, 0.25) is 0 Å². The van der Waals surface area contributed by atoms with Gasteiger partial charge in [-0.15, -0.1) is 4.40 Å². The van der Waals surface area contributed by atoms with E-state index in [1.807, 2.05) is 6.92 Å². The molecule has 11 nitrogen and oxygen atoms in total. The average Bonchev–Trinajstić information content (AvgIpc) is 2.64. The van der Waals surface area contributed by atoms with Crippen molar-refractivity contribution >= 4 is 32.0 Å². The molecule has 13 heteroatoms. The Morgan fingerprint density at radius 3 is 2.13 bits per heavy atom. The molecular weight excluding hydrogens is 430 g/mol. The lowest BCUT2D eigenvalue weighted by Gasteiger charge is -2.15. The van der Waals surface area contributed by atoms with Gasteiger partial charge in [0.2, 0.25) is 21.9 Å². The number of benzene rings is 1. The van der Waals surface area contributed by atoms with Gasteiger partial charge in [-0.25, -0.2) is 29.4 Å². The normalized spacial score (nSPS) is 12.7. The van der Waals surface area contributed by atoms with Crippen molar-refractivity contribution in [1.29, 1.82) is 0 Å². The summed E-state index contributed by atoms with van der Waals surface area (Å²) in [7, 11) is -8.86. The Kier molecular flexibility index (Phi) is 7.13. The number of primary sulfonamides is 1. The zero-order chi connectivity index (χ0) is 22.7. The lowest BCUT2D eigenvalue weighted by atomic mass is 10.0. The first kappa shape index (κ1) is 23.7. The molecule has 164 valence electrons. The third kappa shape index (κ3) is 5.30. The van der Waals surface area contributed by atoms with Gasteiger partial charge in [0.25, 0.3) is 10.0 Å². The summed E-state index contributed by atoms with van der Waals surface area (Å²) in [6.07, 6.45) is 0.787. The van der Waals surface area contributed by atoms with E-state index in [1.165, 1.54) is 6.07 Å². The number of hydrazine groups is 1. The van der Waals surface area contributed by atoms with Crippen LogP contribution in [0.25, 0.3) is 0 Å². The minimum Gasteiger partial charge on any atom is -0.293 e. The molecule has 0 saturated heterocycles. The highest BCUT2D eigenvalue weighted by atomic mass is 32.2. The molecule has 2 aromatic rings. The molecule has 0 spiro atoms. The molecule has 0 amide bonds. The highest BCUT2D eigenvalue weighted by molar-refractivity contribution is 7.93. The average molecular weight is 456 g/mol. The second-order valence-electron chi connectivity index (χ2n) is 6.44. The van der Waals surface area contributed by atoms with Gasteiger partial charge >= 0.3 is 0 Å². The topological polar surface area (TPSA) is 183 Å². The Bertz CT molecular complexity index is 1170. The summed E-state index contributed by atoms with van der Waals surface area (Å²) in [4.78, 5) is 7.25. The molecule has 0 radical (unpaired) electrons. The van der Waals surface area contributed by atoms with Crippen molar-refractivity contribution in [2.75, 3.05) is 5.32 Å².